The number of nitrogens with zero attached hydrogens (tertiary/aromatic N) is 7. The first-order chi connectivity index (χ1) is 15.4. The fraction of sp³-hybridized carbons (Fsp3) is 0.333. The molecule has 1 aliphatic heterocycles. The van der Waals surface area contributed by atoms with Gasteiger partial charge in [-0.15, -0.1) is 10.2 Å². The van der Waals surface area contributed by atoms with Gasteiger partial charge in [0.1, 0.15) is 11.5 Å². The van der Waals surface area contributed by atoms with Crippen molar-refractivity contribution in [1.29, 1.82) is 0 Å². The van der Waals surface area contributed by atoms with Crippen LogP contribution in [-0.4, -0.2) is 56.2 Å². The monoisotopic (exact) mass is 429 g/mol. The smallest absolute Gasteiger partial charge is 0.159 e. The lowest BCUT2D eigenvalue weighted by atomic mass is 10.0. The molecule has 1 fully saturated rings. The molecule has 0 radical (unpaired) electrons. The third-order valence-corrected chi connectivity index (χ3v) is 6.09. The second-order valence-corrected chi connectivity index (χ2v) is 8.70. The lowest BCUT2D eigenvalue weighted by Gasteiger charge is -2.36. The van der Waals surface area contributed by atoms with E-state index in [0.717, 1.165) is 65.5 Å². The highest BCUT2D eigenvalue weighted by molar-refractivity contribution is 5.99. The lowest BCUT2D eigenvalue weighted by molar-refractivity contribution is 0.0782. The first kappa shape index (κ1) is 20.4. The van der Waals surface area contributed by atoms with E-state index in [1.807, 2.05) is 42.1 Å². The van der Waals surface area contributed by atoms with Crippen LogP contribution < -0.4 is 9.80 Å². The SMILES string of the molecule is Cn1nccc1-c1nnc(N2CCN(c3ccc(C(C)(C)O)cn3)CC2)c2ccccc12. The zero-order valence-corrected chi connectivity index (χ0v) is 18.6. The molecule has 8 nitrogen and oxygen atoms in total. The highest BCUT2D eigenvalue weighted by Crippen LogP contribution is 2.31. The molecule has 4 aromatic rings. The van der Waals surface area contributed by atoms with Gasteiger partial charge in [-0.2, -0.15) is 5.10 Å². The predicted octanol–water partition coefficient (Wildman–Crippen LogP) is 2.98. The van der Waals surface area contributed by atoms with Crippen LogP contribution in [0.2, 0.25) is 0 Å². The second-order valence-electron chi connectivity index (χ2n) is 8.70. The lowest BCUT2D eigenvalue weighted by Crippen LogP contribution is -2.47. The summed E-state index contributed by atoms with van der Waals surface area (Å²) >= 11 is 0. The maximum Gasteiger partial charge on any atom is 0.159 e. The zero-order valence-electron chi connectivity index (χ0n) is 18.6. The summed E-state index contributed by atoms with van der Waals surface area (Å²) in [5.74, 6) is 1.84. The van der Waals surface area contributed by atoms with Crippen molar-refractivity contribution in [1.82, 2.24) is 25.0 Å². The summed E-state index contributed by atoms with van der Waals surface area (Å²) in [4.78, 5) is 9.14. The average Bonchev–Trinajstić information content (AvgIpc) is 3.23. The number of aliphatic hydroxyl groups is 1. The molecule has 32 heavy (non-hydrogen) atoms. The van der Waals surface area contributed by atoms with E-state index in [0.29, 0.717) is 0 Å². The van der Waals surface area contributed by atoms with E-state index in [4.69, 9.17) is 0 Å². The number of rotatable bonds is 4. The Morgan fingerprint density at radius 1 is 0.875 bits per heavy atom. The number of fused-ring (bicyclic) bond motifs is 1. The molecule has 1 aromatic carbocycles. The molecule has 3 aromatic heterocycles. The summed E-state index contributed by atoms with van der Waals surface area (Å²) < 4.78 is 1.82. The molecule has 1 N–H and O–H groups in total. The van der Waals surface area contributed by atoms with Gasteiger partial charge in [-0.25, -0.2) is 4.98 Å². The van der Waals surface area contributed by atoms with E-state index in [-0.39, 0.29) is 0 Å². The van der Waals surface area contributed by atoms with E-state index >= 15 is 0 Å². The van der Waals surface area contributed by atoms with Gasteiger partial charge >= 0.3 is 0 Å². The fourth-order valence-corrected chi connectivity index (χ4v) is 4.20. The Kier molecular flexibility index (Phi) is 5.01. The Labute approximate surface area is 187 Å². The minimum atomic E-state index is -0.883. The van der Waals surface area contributed by atoms with Gasteiger partial charge in [0.05, 0.1) is 11.3 Å². The summed E-state index contributed by atoms with van der Waals surface area (Å²) in [7, 11) is 1.92. The number of hydrogen-bond acceptors (Lipinski definition) is 7. The summed E-state index contributed by atoms with van der Waals surface area (Å²) in [5.41, 5.74) is 1.73. The Morgan fingerprint density at radius 3 is 2.22 bits per heavy atom. The number of hydrogen-bond donors (Lipinski definition) is 1. The van der Waals surface area contributed by atoms with E-state index in [1.165, 1.54) is 0 Å². The van der Waals surface area contributed by atoms with Crippen molar-refractivity contribution < 1.29 is 5.11 Å². The Bertz CT molecular complexity index is 1240. The van der Waals surface area contributed by atoms with E-state index in [1.54, 1.807) is 26.2 Å². The number of aryl methyl sites for hydroxylation is 1. The number of pyridine rings is 1. The molecule has 8 heteroatoms. The highest BCUT2D eigenvalue weighted by atomic mass is 16.3. The van der Waals surface area contributed by atoms with Gasteiger partial charge in [-0.3, -0.25) is 4.68 Å². The number of benzene rings is 1. The van der Waals surface area contributed by atoms with Crippen molar-refractivity contribution in [2.75, 3.05) is 36.0 Å². The molecule has 0 bridgehead atoms. The molecule has 0 unspecified atom stereocenters. The van der Waals surface area contributed by atoms with Crippen LogP contribution in [0, 0.1) is 0 Å². The molecule has 0 spiro atoms. The van der Waals surface area contributed by atoms with Gasteiger partial charge in [-0.05, 0) is 26.0 Å². The van der Waals surface area contributed by atoms with Crippen molar-refractivity contribution in [2.24, 2.45) is 7.05 Å². The normalized spacial score (nSPS) is 14.9. The first-order valence-corrected chi connectivity index (χ1v) is 10.8. The summed E-state index contributed by atoms with van der Waals surface area (Å²) in [6, 6.07) is 14.2. The Hall–Kier alpha value is -3.52. The van der Waals surface area contributed by atoms with Gasteiger partial charge in [0.15, 0.2) is 5.82 Å². The second kappa shape index (κ2) is 7.87. The molecule has 0 amide bonds. The highest BCUT2D eigenvalue weighted by Gasteiger charge is 2.23. The molecule has 0 saturated carbocycles. The fourth-order valence-electron chi connectivity index (χ4n) is 4.20. The predicted molar refractivity (Wildman–Crippen MR) is 126 cm³/mol. The summed E-state index contributed by atoms with van der Waals surface area (Å²) in [6.07, 6.45) is 3.54. The van der Waals surface area contributed by atoms with E-state index in [9.17, 15) is 5.11 Å². The maximum absolute atomic E-state index is 10.2. The molecular formula is C24H27N7O. The van der Waals surface area contributed by atoms with Crippen molar-refractivity contribution in [3.63, 3.8) is 0 Å². The molecule has 164 valence electrons. The average molecular weight is 430 g/mol. The van der Waals surface area contributed by atoms with Crippen LogP contribution in [-0.2, 0) is 12.6 Å². The largest absolute Gasteiger partial charge is 0.386 e. The third-order valence-electron chi connectivity index (χ3n) is 6.09. The van der Waals surface area contributed by atoms with Crippen molar-refractivity contribution in [3.05, 3.63) is 60.4 Å². The standard InChI is InChI=1S/C24H27N7O/c1-24(2,32)17-8-9-21(25-16-17)30-12-14-31(15-13-30)23-19-7-5-4-6-18(19)22(27-28-23)20-10-11-26-29(20)3/h4-11,16,32H,12-15H2,1-3H3. The van der Waals surface area contributed by atoms with Crippen LogP contribution >= 0.6 is 0 Å². The Balaban J connectivity index is 1.38. The van der Waals surface area contributed by atoms with Crippen LogP contribution in [0.4, 0.5) is 11.6 Å². The molecule has 4 heterocycles. The molecule has 1 saturated heterocycles. The number of anilines is 2. The minimum absolute atomic E-state index is 0.815. The van der Waals surface area contributed by atoms with Gasteiger partial charge < -0.3 is 14.9 Å². The molecule has 0 atom stereocenters. The van der Waals surface area contributed by atoms with Crippen LogP contribution in [0.1, 0.15) is 19.4 Å². The van der Waals surface area contributed by atoms with Gasteiger partial charge in [0.2, 0.25) is 0 Å². The first-order valence-electron chi connectivity index (χ1n) is 10.8. The van der Waals surface area contributed by atoms with Crippen molar-refractivity contribution in [2.45, 2.75) is 19.4 Å². The zero-order chi connectivity index (χ0) is 22.3. The maximum atomic E-state index is 10.2. The van der Waals surface area contributed by atoms with Crippen LogP contribution in [0.25, 0.3) is 22.2 Å². The Morgan fingerprint density at radius 2 is 1.59 bits per heavy atom. The van der Waals surface area contributed by atoms with Gasteiger partial charge in [-0.1, -0.05) is 30.3 Å². The molecule has 1 aliphatic rings. The minimum Gasteiger partial charge on any atom is -0.386 e. The van der Waals surface area contributed by atoms with Crippen molar-refractivity contribution in [3.8, 4) is 11.4 Å². The number of piperazine rings is 1. The van der Waals surface area contributed by atoms with Crippen LogP contribution in [0.5, 0.6) is 0 Å². The molecule has 0 aliphatic carbocycles. The van der Waals surface area contributed by atoms with E-state index in [2.05, 4.69) is 42.2 Å². The topological polar surface area (TPSA) is 83.2 Å². The summed E-state index contributed by atoms with van der Waals surface area (Å²) in [6.45, 7) is 6.89. The van der Waals surface area contributed by atoms with Gasteiger partial charge in [0.25, 0.3) is 0 Å². The van der Waals surface area contributed by atoms with Gasteiger partial charge in [0, 0.05) is 62.0 Å². The van der Waals surface area contributed by atoms with Crippen molar-refractivity contribution >= 4 is 22.4 Å². The quantitative estimate of drug-likeness (QED) is 0.534. The summed E-state index contributed by atoms with van der Waals surface area (Å²) in [5, 5.41) is 25.8. The molecular weight excluding hydrogens is 402 g/mol. The van der Waals surface area contributed by atoms with E-state index < -0.39 is 5.60 Å². The molecule has 5 rings (SSSR count). The number of aromatic nitrogens is 5. The van der Waals surface area contributed by atoms with Crippen LogP contribution in [0.15, 0.2) is 54.9 Å². The third kappa shape index (κ3) is 3.67. The van der Waals surface area contributed by atoms with Crippen LogP contribution in [0.3, 0.4) is 0 Å².